The molecule has 2 heteroatoms. The van der Waals surface area contributed by atoms with Gasteiger partial charge in [0, 0.05) is 12.0 Å². The number of hydrogen-bond acceptors (Lipinski definition) is 2. The molecule has 0 spiro atoms. The molecule has 0 radical (unpaired) electrons. The fraction of sp³-hybridized carbons (Fsp3) is 0.300. The standard InChI is InChI=1S/C10H10O2/c1-6-4-10(12)9-5-7(11)2-3-8(6)9/h2-3,5-6,11H,4H2,1H3. The molecule has 1 aromatic rings. The summed E-state index contributed by atoms with van der Waals surface area (Å²) in [6.07, 6.45) is 0.582. The Bertz CT molecular complexity index is 342. The number of ketones is 1. The quantitative estimate of drug-likeness (QED) is 0.634. The topological polar surface area (TPSA) is 37.3 Å². The normalized spacial score (nSPS) is 21.1. The Balaban J connectivity index is 2.60. The molecule has 0 aliphatic heterocycles. The van der Waals surface area contributed by atoms with Gasteiger partial charge in [-0.25, -0.2) is 0 Å². The molecule has 0 fully saturated rings. The van der Waals surface area contributed by atoms with Gasteiger partial charge in [0.2, 0.25) is 0 Å². The summed E-state index contributed by atoms with van der Waals surface area (Å²) in [5.41, 5.74) is 1.76. The molecule has 1 unspecified atom stereocenters. The zero-order chi connectivity index (χ0) is 8.72. The van der Waals surface area contributed by atoms with Crippen LogP contribution in [0.4, 0.5) is 0 Å². The zero-order valence-corrected chi connectivity index (χ0v) is 6.87. The summed E-state index contributed by atoms with van der Waals surface area (Å²) in [7, 11) is 0. The minimum Gasteiger partial charge on any atom is -0.508 e. The summed E-state index contributed by atoms with van der Waals surface area (Å²) >= 11 is 0. The summed E-state index contributed by atoms with van der Waals surface area (Å²) in [5, 5.41) is 9.15. The van der Waals surface area contributed by atoms with E-state index in [1.54, 1.807) is 12.1 Å². The molecule has 0 heterocycles. The Hall–Kier alpha value is -1.31. The average molecular weight is 162 g/mol. The largest absolute Gasteiger partial charge is 0.508 e. The molecule has 62 valence electrons. The molecular formula is C10H10O2. The van der Waals surface area contributed by atoms with E-state index in [9.17, 15) is 4.79 Å². The van der Waals surface area contributed by atoms with E-state index in [1.807, 2.05) is 13.0 Å². The molecule has 0 bridgehead atoms. The van der Waals surface area contributed by atoms with Gasteiger partial charge in [-0.2, -0.15) is 0 Å². The lowest BCUT2D eigenvalue weighted by molar-refractivity contribution is 0.0990. The number of phenolic OH excluding ortho intramolecular Hbond substituents is 1. The number of fused-ring (bicyclic) bond motifs is 1. The number of Topliss-reactive ketones (excluding diaryl/α,β-unsaturated/α-hetero) is 1. The number of aromatic hydroxyl groups is 1. The van der Waals surface area contributed by atoms with Crippen LogP contribution in [0.2, 0.25) is 0 Å². The molecule has 1 aliphatic rings. The van der Waals surface area contributed by atoms with Crippen molar-refractivity contribution in [3.8, 4) is 5.75 Å². The maximum atomic E-state index is 11.3. The first-order valence-corrected chi connectivity index (χ1v) is 4.04. The van der Waals surface area contributed by atoms with Crippen LogP contribution < -0.4 is 0 Å². The molecule has 1 aliphatic carbocycles. The van der Waals surface area contributed by atoms with Gasteiger partial charge in [0.05, 0.1) is 0 Å². The zero-order valence-electron chi connectivity index (χ0n) is 6.87. The first-order chi connectivity index (χ1) is 5.68. The van der Waals surface area contributed by atoms with E-state index < -0.39 is 0 Å². The third kappa shape index (κ3) is 0.916. The van der Waals surface area contributed by atoms with Gasteiger partial charge in [0.15, 0.2) is 5.78 Å². The van der Waals surface area contributed by atoms with Crippen molar-refractivity contribution in [3.05, 3.63) is 29.3 Å². The Morgan fingerprint density at radius 1 is 1.50 bits per heavy atom. The Morgan fingerprint density at radius 3 is 3.00 bits per heavy atom. The van der Waals surface area contributed by atoms with Crippen molar-refractivity contribution in [2.24, 2.45) is 0 Å². The predicted molar refractivity (Wildman–Crippen MR) is 45.5 cm³/mol. The molecule has 0 saturated heterocycles. The summed E-state index contributed by atoms with van der Waals surface area (Å²) in [6, 6.07) is 5.02. The van der Waals surface area contributed by atoms with Crippen molar-refractivity contribution in [2.45, 2.75) is 19.3 Å². The fourth-order valence-corrected chi connectivity index (χ4v) is 1.71. The molecule has 1 aromatic carbocycles. The second kappa shape index (κ2) is 2.34. The van der Waals surface area contributed by atoms with Crippen molar-refractivity contribution in [1.82, 2.24) is 0 Å². The van der Waals surface area contributed by atoms with Crippen LogP contribution in [0.15, 0.2) is 18.2 Å². The lowest BCUT2D eigenvalue weighted by Crippen LogP contribution is -1.89. The SMILES string of the molecule is CC1CC(=O)c2cc(O)ccc21. The van der Waals surface area contributed by atoms with E-state index in [0.29, 0.717) is 17.9 Å². The number of benzene rings is 1. The van der Waals surface area contributed by atoms with Crippen molar-refractivity contribution in [3.63, 3.8) is 0 Å². The average Bonchev–Trinajstić information content (AvgIpc) is 2.28. The van der Waals surface area contributed by atoms with Gasteiger partial charge >= 0.3 is 0 Å². The predicted octanol–water partition coefficient (Wildman–Crippen LogP) is 2.08. The molecule has 0 amide bonds. The molecule has 2 nitrogen and oxygen atoms in total. The van der Waals surface area contributed by atoms with E-state index in [0.717, 1.165) is 5.56 Å². The maximum Gasteiger partial charge on any atom is 0.163 e. The molecule has 0 saturated carbocycles. The molecular weight excluding hydrogens is 152 g/mol. The molecule has 0 aromatic heterocycles. The van der Waals surface area contributed by atoms with Crippen LogP contribution in [0.25, 0.3) is 0 Å². The highest BCUT2D eigenvalue weighted by atomic mass is 16.3. The van der Waals surface area contributed by atoms with Gasteiger partial charge in [0.25, 0.3) is 0 Å². The van der Waals surface area contributed by atoms with Gasteiger partial charge in [-0.05, 0) is 23.6 Å². The van der Waals surface area contributed by atoms with Gasteiger partial charge in [0.1, 0.15) is 5.75 Å². The summed E-state index contributed by atoms with van der Waals surface area (Å²) in [6.45, 7) is 2.03. The second-order valence-electron chi connectivity index (χ2n) is 3.30. The molecule has 2 rings (SSSR count). The Kier molecular flexibility index (Phi) is 1.43. The highest BCUT2D eigenvalue weighted by molar-refractivity contribution is 6.01. The fourth-order valence-electron chi connectivity index (χ4n) is 1.71. The summed E-state index contributed by atoms with van der Waals surface area (Å²) in [4.78, 5) is 11.3. The lowest BCUT2D eigenvalue weighted by atomic mass is 10.0. The van der Waals surface area contributed by atoms with Crippen LogP contribution in [-0.4, -0.2) is 10.9 Å². The van der Waals surface area contributed by atoms with E-state index in [4.69, 9.17) is 5.11 Å². The first kappa shape index (κ1) is 7.35. The van der Waals surface area contributed by atoms with Gasteiger partial charge in [-0.1, -0.05) is 13.0 Å². The number of rotatable bonds is 0. The minimum atomic E-state index is 0.147. The van der Waals surface area contributed by atoms with Crippen LogP contribution >= 0.6 is 0 Å². The number of phenols is 1. The van der Waals surface area contributed by atoms with Crippen LogP contribution in [-0.2, 0) is 0 Å². The van der Waals surface area contributed by atoms with E-state index >= 15 is 0 Å². The smallest absolute Gasteiger partial charge is 0.163 e. The van der Waals surface area contributed by atoms with Crippen molar-refractivity contribution in [1.29, 1.82) is 0 Å². The highest BCUT2D eigenvalue weighted by Gasteiger charge is 2.25. The number of carbonyl (C=O) groups excluding carboxylic acids is 1. The minimum absolute atomic E-state index is 0.147. The third-order valence-corrected chi connectivity index (χ3v) is 2.36. The van der Waals surface area contributed by atoms with Crippen molar-refractivity contribution in [2.75, 3.05) is 0 Å². The van der Waals surface area contributed by atoms with Crippen LogP contribution in [0.1, 0.15) is 35.2 Å². The van der Waals surface area contributed by atoms with Crippen molar-refractivity contribution >= 4 is 5.78 Å². The lowest BCUT2D eigenvalue weighted by Gasteiger charge is -2.01. The molecule has 1 N–H and O–H groups in total. The third-order valence-electron chi connectivity index (χ3n) is 2.36. The van der Waals surface area contributed by atoms with Gasteiger partial charge in [-0.3, -0.25) is 4.79 Å². The number of carbonyl (C=O) groups is 1. The first-order valence-electron chi connectivity index (χ1n) is 4.04. The monoisotopic (exact) mass is 162 g/mol. The Morgan fingerprint density at radius 2 is 2.25 bits per heavy atom. The second-order valence-corrected chi connectivity index (χ2v) is 3.30. The van der Waals surface area contributed by atoms with Crippen LogP contribution in [0.5, 0.6) is 5.75 Å². The van der Waals surface area contributed by atoms with Crippen LogP contribution in [0, 0.1) is 0 Å². The Labute approximate surface area is 70.8 Å². The van der Waals surface area contributed by atoms with Gasteiger partial charge < -0.3 is 5.11 Å². The van der Waals surface area contributed by atoms with E-state index in [-0.39, 0.29) is 11.5 Å². The highest BCUT2D eigenvalue weighted by Crippen LogP contribution is 2.34. The molecule has 12 heavy (non-hydrogen) atoms. The summed E-state index contributed by atoms with van der Waals surface area (Å²) in [5.74, 6) is 0.637. The van der Waals surface area contributed by atoms with Crippen molar-refractivity contribution < 1.29 is 9.90 Å². The molecule has 1 atom stereocenters. The van der Waals surface area contributed by atoms with Gasteiger partial charge in [-0.15, -0.1) is 0 Å². The maximum absolute atomic E-state index is 11.3. The van der Waals surface area contributed by atoms with E-state index in [2.05, 4.69) is 0 Å². The summed E-state index contributed by atoms with van der Waals surface area (Å²) < 4.78 is 0. The van der Waals surface area contributed by atoms with E-state index in [1.165, 1.54) is 0 Å². The number of hydrogen-bond donors (Lipinski definition) is 1. The van der Waals surface area contributed by atoms with Crippen LogP contribution in [0.3, 0.4) is 0 Å².